The summed E-state index contributed by atoms with van der Waals surface area (Å²) in [5.41, 5.74) is 3.11. The number of carbonyl (C=O) groups is 1. The molecule has 6 heteroatoms. The second kappa shape index (κ2) is 11.4. The standard InChI is InChI=1S/C32H23FN2O3/c1-34-30-19-27-29(20-32(30)37-21-23-10-6-3-7-11-23)35-15-14-31(27)38-26-13-12-24(28(33)18-26)17-25(36)16-22-8-4-2-5-9-22/h2-15,18-20H,16-17,21H2. The smallest absolute Gasteiger partial charge is 0.229 e. The molecule has 4 aromatic carbocycles. The minimum Gasteiger partial charge on any atom is -0.500 e. The lowest BCUT2D eigenvalue weighted by molar-refractivity contribution is -0.117. The van der Waals surface area contributed by atoms with Crippen molar-refractivity contribution >= 4 is 22.4 Å². The van der Waals surface area contributed by atoms with Gasteiger partial charge in [0.25, 0.3) is 0 Å². The fourth-order valence-corrected chi connectivity index (χ4v) is 4.12. The third-order valence-corrected chi connectivity index (χ3v) is 6.02. The summed E-state index contributed by atoms with van der Waals surface area (Å²) in [6, 6.07) is 28.6. The highest BCUT2D eigenvalue weighted by molar-refractivity contribution is 5.91. The van der Waals surface area contributed by atoms with E-state index in [1.165, 1.54) is 6.07 Å². The number of halogens is 1. The Labute approximate surface area is 219 Å². The van der Waals surface area contributed by atoms with Gasteiger partial charge in [0.05, 0.1) is 12.1 Å². The van der Waals surface area contributed by atoms with Gasteiger partial charge in [-0.05, 0) is 41.0 Å². The zero-order valence-corrected chi connectivity index (χ0v) is 20.4. The van der Waals surface area contributed by atoms with E-state index in [1.807, 2.05) is 60.7 Å². The molecule has 0 radical (unpaired) electrons. The summed E-state index contributed by atoms with van der Waals surface area (Å²) in [4.78, 5) is 20.4. The number of hydrogen-bond donors (Lipinski definition) is 0. The second-order valence-electron chi connectivity index (χ2n) is 8.77. The number of aromatic nitrogens is 1. The van der Waals surface area contributed by atoms with Gasteiger partial charge in [0.15, 0.2) is 0 Å². The van der Waals surface area contributed by atoms with E-state index >= 15 is 0 Å². The van der Waals surface area contributed by atoms with Crippen molar-refractivity contribution < 1.29 is 18.7 Å². The normalized spacial score (nSPS) is 10.6. The molecule has 5 nitrogen and oxygen atoms in total. The van der Waals surface area contributed by atoms with E-state index in [1.54, 1.807) is 36.5 Å². The first-order chi connectivity index (χ1) is 18.6. The molecule has 0 saturated carbocycles. The van der Waals surface area contributed by atoms with Crippen LogP contribution in [0.1, 0.15) is 16.7 Å². The molecule has 0 aliphatic carbocycles. The largest absolute Gasteiger partial charge is 0.500 e. The lowest BCUT2D eigenvalue weighted by Gasteiger charge is -2.13. The predicted octanol–water partition coefficient (Wildman–Crippen LogP) is 7.65. The predicted molar refractivity (Wildman–Crippen MR) is 144 cm³/mol. The van der Waals surface area contributed by atoms with E-state index < -0.39 is 5.82 Å². The van der Waals surface area contributed by atoms with Gasteiger partial charge in [-0.2, -0.15) is 0 Å². The summed E-state index contributed by atoms with van der Waals surface area (Å²) in [5, 5.41) is 0.605. The number of Topliss-reactive ketones (excluding diaryl/α,β-unsaturated/α-hetero) is 1. The molecular weight excluding hydrogens is 479 g/mol. The van der Waals surface area contributed by atoms with E-state index in [4.69, 9.17) is 16.0 Å². The van der Waals surface area contributed by atoms with Crippen LogP contribution < -0.4 is 9.47 Å². The van der Waals surface area contributed by atoms with Gasteiger partial charge in [-0.3, -0.25) is 9.78 Å². The van der Waals surface area contributed by atoms with E-state index in [2.05, 4.69) is 9.83 Å². The molecule has 0 atom stereocenters. The number of carbonyl (C=O) groups excluding carboxylic acids is 1. The first kappa shape index (κ1) is 24.7. The summed E-state index contributed by atoms with van der Waals surface area (Å²) in [7, 11) is 0. The number of hydrogen-bond acceptors (Lipinski definition) is 4. The van der Waals surface area contributed by atoms with Gasteiger partial charge in [0, 0.05) is 30.5 Å². The number of nitrogens with zero attached hydrogens (tertiary/aromatic N) is 2. The Morgan fingerprint density at radius 1 is 0.842 bits per heavy atom. The van der Waals surface area contributed by atoms with Crippen molar-refractivity contribution in [1.82, 2.24) is 4.98 Å². The Bertz CT molecular complexity index is 1630. The molecule has 0 fully saturated rings. The van der Waals surface area contributed by atoms with Crippen molar-refractivity contribution in [1.29, 1.82) is 0 Å². The van der Waals surface area contributed by atoms with Crippen LogP contribution in [0.4, 0.5) is 10.1 Å². The highest BCUT2D eigenvalue weighted by Gasteiger charge is 2.14. The molecule has 1 heterocycles. The maximum atomic E-state index is 14.9. The average molecular weight is 503 g/mol. The maximum absolute atomic E-state index is 14.9. The fourth-order valence-electron chi connectivity index (χ4n) is 4.12. The highest BCUT2D eigenvalue weighted by Crippen LogP contribution is 2.38. The number of ether oxygens (including phenoxy) is 2. The number of benzene rings is 4. The number of pyridine rings is 1. The Morgan fingerprint density at radius 3 is 2.29 bits per heavy atom. The monoisotopic (exact) mass is 502 g/mol. The summed E-state index contributed by atoms with van der Waals surface area (Å²) in [5.74, 6) is 0.558. The van der Waals surface area contributed by atoms with E-state index in [0.717, 1.165) is 11.1 Å². The minimum atomic E-state index is -0.513. The van der Waals surface area contributed by atoms with Gasteiger partial charge < -0.3 is 9.47 Å². The molecule has 0 amide bonds. The molecule has 0 spiro atoms. The van der Waals surface area contributed by atoms with Crippen LogP contribution in [0.2, 0.25) is 0 Å². The van der Waals surface area contributed by atoms with Gasteiger partial charge in [0.2, 0.25) is 5.69 Å². The Kier molecular flexibility index (Phi) is 7.37. The van der Waals surface area contributed by atoms with Gasteiger partial charge >= 0.3 is 0 Å². The molecule has 1 aromatic heterocycles. The molecule has 38 heavy (non-hydrogen) atoms. The van der Waals surface area contributed by atoms with E-state index in [0.29, 0.717) is 40.3 Å². The van der Waals surface area contributed by atoms with Gasteiger partial charge in [-0.1, -0.05) is 66.7 Å². The lowest BCUT2D eigenvalue weighted by Crippen LogP contribution is -2.08. The summed E-state index contributed by atoms with van der Waals surface area (Å²) >= 11 is 0. The van der Waals surface area contributed by atoms with Crippen LogP contribution in [0, 0.1) is 12.4 Å². The quantitative estimate of drug-likeness (QED) is 0.194. The van der Waals surface area contributed by atoms with Crippen LogP contribution in [-0.2, 0) is 24.2 Å². The van der Waals surface area contributed by atoms with Crippen molar-refractivity contribution in [3.63, 3.8) is 0 Å². The first-order valence-corrected chi connectivity index (χ1v) is 12.1. The van der Waals surface area contributed by atoms with Crippen molar-refractivity contribution in [2.24, 2.45) is 0 Å². The first-order valence-electron chi connectivity index (χ1n) is 12.1. The molecule has 5 rings (SSSR count). The molecule has 0 saturated heterocycles. The Hall–Kier alpha value is -5.02. The number of fused-ring (bicyclic) bond motifs is 1. The van der Waals surface area contributed by atoms with Crippen LogP contribution in [0.15, 0.2) is 103 Å². The lowest BCUT2D eigenvalue weighted by atomic mass is 10.0. The summed E-state index contributed by atoms with van der Waals surface area (Å²) in [6.07, 6.45) is 1.84. The molecule has 186 valence electrons. The zero-order chi connectivity index (χ0) is 26.3. The molecule has 0 N–H and O–H groups in total. The second-order valence-corrected chi connectivity index (χ2v) is 8.77. The zero-order valence-electron chi connectivity index (χ0n) is 20.4. The Morgan fingerprint density at radius 2 is 1.58 bits per heavy atom. The van der Waals surface area contributed by atoms with Crippen molar-refractivity contribution in [2.75, 3.05) is 0 Å². The number of rotatable bonds is 9. The average Bonchev–Trinajstić information content (AvgIpc) is 2.94. The van der Waals surface area contributed by atoms with Crippen LogP contribution in [-0.4, -0.2) is 10.8 Å². The molecule has 0 aliphatic rings. The van der Waals surface area contributed by atoms with Crippen molar-refractivity contribution in [2.45, 2.75) is 19.4 Å². The van der Waals surface area contributed by atoms with Crippen molar-refractivity contribution in [3.8, 4) is 17.2 Å². The van der Waals surface area contributed by atoms with Crippen LogP contribution in [0.25, 0.3) is 15.7 Å². The van der Waals surface area contributed by atoms with Crippen LogP contribution in [0.3, 0.4) is 0 Å². The third kappa shape index (κ3) is 5.85. The molecular formula is C32H23FN2O3. The molecule has 0 aliphatic heterocycles. The summed E-state index contributed by atoms with van der Waals surface area (Å²) in [6.45, 7) is 7.94. The molecule has 0 bridgehead atoms. The third-order valence-electron chi connectivity index (χ3n) is 6.02. The van der Waals surface area contributed by atoms with Crippen LogP contribution in [0.5, 0.6) is 17.2 Å². The SMILES string of the molecule is [C-]#[N+]c1cc2c(Oc3ccc(CC(=O)Cc4ccccc4)c(F)c3)ccnc2cc1OCc1ccccc1. The van der Waals surface area contributed by atoms with Gasteiger partial charge in [-0.15, -0.1) is 0 Å². The maximum Gasteiger partial charge on any atom is 0.229 e. The topological polar surface area (TPSA) is 52.8 Å². The fraction of sp³-hybridized carbons (Fsp3) is 0.0938. The van der Waals surface area contributed by atoms with E-state index in [-0.39, 0.29) is 24.4 Å². The Balaban J connectivity index is 1.33. The summed E-state index contributed by atoms with van der Waals surface area (Å²) < 4.78 is 26.8. The van der Waals surface area contributed by atoms with Gasteiger partial charge in [0.1, 0.15) is 35.5 Å². The van der Waals surface area contributed by atoms with E-state index in [9.17, 15) is 9.18 Å². The molecule has 0 unspecified atom stereocenters. The number of ketones is 1. The highest BCUT2D eigenvalue weighted by atomic mass is 19.1. The van der Waals surface area contributed by atoms with Gasteiger partial charge in [-0.25, -0.2) is 9.24 Å². The van der Waals surface area contributed by atoms with Crippen LogP contribution >= 0.6 is 0 Å². The molecule has 5 aromatic rings. The van der Waals surface area contributed by atoms with Crippen molar-refractivity contribution in [3.05, 3.63) is 137 Å². The minimum absolute atomic E-state index is 0.000677.